The molecule has 0 saturated heterocycles. The Morgan fingerprint density at radius 2 is 2.16 bits per heavy atom. The standard InChI is InChI=1S/C13H14N6/c1-18-10-11(9-17-18)8-15-12-4-2-5-14-13(12)19-7-3-6-16-19/h2-7,9-10,15H,8H2,1H3. The molecule has 0 fully saturated rings. The summed E-state index contributed by atoms with van der Waals surface area (Å²) in [6, 6.07) is 5.76. The lowest BCUT2D eigenvalue weighted by molar-refractivity contribution is 0.767. The fraction of sp³-hybridized carbons (Fsp3) is 0.154. The fourth-order valence-corrected chi connectivity index (χ4v) is 1.87. The molecule has 0 aliphatic heterocycles. The molecule has 0 atom stereocenters. The first kappa shape index (κ1) is 11.5. The van der Waals surface area contributed by atoms with Gasteiger partial charge in [-0.2, -0.15) is 10.2 Å². The third-order valence-corrected chi connectivity index (χ3v) is 2.75. The molecular weight excluding hydrogens is 240 g/mol. The van der Waals surface area contributed by atoms with Gasteiger partial charge < -0.3 is 5.32 Å². The minimum absolute atomic E-state index is 0.702. The van der Waals surface area contributed by atoms with Gasteiger partial charge in [0.2, 0.25) is 0 Å². The summed E-state index contributed by atoms with van der Waals surface area (Å²) >= 11 is 0. The molecule has 0 aliphatic carbocycles. The second-order valence-corrected chi connectivity index (χ2v) is 4.20. The van der Waals surface area contributed by atoms with E-state index >= 15 is 0 Å². The van der Waals surface area contributed by atoms with E-state index in [4.69, 9.17) is 0 Å². The van der Waals surface area contributed by atoms with Crippen LogP contribution in [0.1, 0.15) is 5.56 Å². The van der Waals surface area contributed by atoms with E-state index in [0.29, 0.717) is 6.54 Å². The zero-order valence-corrected chi connectivity index (χ0v) is 10.6. The highest BCUT2D eigenvalue weighted by atomic mass is 15.3. The number of pyridine rings is 1. The van der Waals surface area contributed by atoms with E-state index in [0.717, 1.165) is 17.1 Å². The normalized spacial score (nSPS) is 10.6. The summed E-state index contributed by atoms with van der Waals surface area (Å²) in [6.45, 7) is 0.702. The van der Waals surface area contributed by atoms with Crippen LogP contribution in [-0.4, -0.2) is 24.5 Å². The van der Waals surface area contributed by atoms with Crippen LogP contribution in [0.3, 0.4) is 0 Å². The van der Waals surface area contributed by atoms with E-state index in [-0.39, 0.29) is 0 Å². The van der Waals surface area contributed by atoms with Crippen molar-refractivity contribution in [2.45, 2.75) is 6.54 Å². The maximum absolute atomic E-state index is 4.36. The molecule has 0 spiro atoms. The van der Waals surface area contributed by atoms with Crippen molar-refractivity contribution in [2.75, 3.05) is 5.32 Å². The average Bonchev–Trinajstić information content (AvgIpc) is 3.08. The summed E-state index contributed by atoms with van der Waals surface area (Å²) in [5.41, 5.74) is 2.06. The number of anilines is 1. The minimum atomic E-state index is 0.702. The highest BCUT2D eigenvalue weighted by molar-refractivity contribution is 5.56. The first-order valence-electron chi connectivity index (χ1n) is 5.99. The van der Waals surface area contributed by atoms with Crippen molar-refractivity contribution in [3.05, 3.63) is 54.7 Å². The van der Waals surface area contributed by atoms with E-state index < -0.39 is 0 Å². The summed E-state index contributed by atoms with van der Waals surface area (Å²) in [5.74, 6) is 0.788. The molecule has 0 saturated carbocycles. The van der Waals surface area contributed by atoms with Crippen LogP contribution in [0, 0.1) is 0 Å². The molecule has 0 radical (unpaired) electrons. The first-order chi connectivity index (χ1) is 9.33. The van der Waals surface area contributed by atoms with Gasteiger partial charge in [-0.05, 0) is 18.2 Å². The van der Waals surface area contributed by atoms with Crippen LogP contribution in [0.5, 0.6) is 0 Å². The predicted octanol–water partition coefficient (Wildman–Crippen LogP) is 1.61. The topological polar surface area (TPSA) is 60.6 Å². The van der Waals surface area contributed by atoms with Crippen molar-refractivity contribution in [1.82, 2.24) is 24.5 Å². The van der Waals surface area contributed by atoms with Gasteiger partial charge in [0.25, 0.3) is 0 Å². The summed E-state index contributed by atoms with van der Waals surface area (Å²) in [4.78, 5) is 4.36. The molecule has 0 amide bonds. The molecule has 3 rings (SSSR count). The van der Waals surface area contributed by atoms with Gasteiger partial charge in [-0.1, -0.05) is 0 Å². The number of hydrogen-bond donors (Lipinski definition) is 1. The molecule has 3 aromatic heterocycles. The summed E-state index contributed by atoms with van der Waals surface area (Å²) < 4.78 is 3.53. The average molecular weight is 254 g/mol. The van der Waals surface area contributed by atoms with Crippen LogP contribution in [0.15, 0.2) is 49.2 Å². The van der Waals surface area contributed by atoms with Crippen LogP contribution >= 0.6 is 0 Å². The van der Waals surface area contributed by atoms with Crippen LogP contribution in [0.2, 0.25) is 0 Å². The monoisotopic (exact) mass is 254 g/mol. The van der Waals surface area contributed by atoms with Gasteiger partial charge in [-0.3, -0.25) is 4.68 Å². The van der Waals surface area contributed by atoms with E-state index in [9.17, 15) is 0 Å². The van der Waals surface area contributed by atoms with E-state index in [2.05, 4.69) is 20.5 Å². The Balaban J connectivity index is 1.81. The number of aromatic nitrogens is 5. The van der Waals surface area contributed by atoms with Gasteiger partial charge in [-0.15, -0.1) is 0 Å². The lowest BCUT2D eigenvalue weighted by Crippen LogP contribution is -2.06. The molecule has 3 aromatic rings. The van der Waals surface area contributed by atoms with Gasteiger partial charge in [0.1, 0.15) is 0 Å². The summed E-state index contributed by atoms with van der Waals surface area (Å²) in [7, 11) is 1.91. The van der Waals surface area contributed by atoms with Crippen molar-refractivity contribution in [3.63, 3.8) is 0 Å². The number of hydrogen-bond acceptors (Lipinski definition) is 4. The molecule has 96 valence electrons. The van der Waals surface area contributed by atoms with Gasteiger partial charge >= 0.3 is 0 Å². The Morgan fingerprint density at radius 1 is 1.21 bits per heavy atom. The summed E-state index contributed by atoms with van der Waals surface area (Å²) in [6.07, 6.45) is 9.19. The minimum Gasteiger partial charge on any atom is -0.378 e. The van der Waals surface area contributed by atoms with Crippen molar-refractivity contribution in [1.29, 1.82) is 0 Å². The Morgan fingerprint density at radius 3 is 2.89 bits per heavy atom. The Hall–Kier alpha value is -2.63. The predicted molar refractivity (Wildman–Crippen MR) is 71.9 cm³/mol. The quantitative estimate of drug-likeness (QED) is 0.768. The van der Waals surface area contributed by atoms with Gasteiger partial charge in [0.05, 0.1) is 11.9 Å². The zero-order valence-electron chi connectivity index (χ0n) is 10.6. The third kappa shape index (κ3) is 2.47. The highest BCUT2D eigenvalue weighted by Crippen LogP contribution is 2.16. The van der Waals surface area contributed by atoms with Gasteiger partial charge in [0, 0.05) is 43.9 Å². The number of aryl methyl sites for hydroxylation is 1. The molecule has 0 bridgehead atoms. The molecule has 19 heavy (non-hydrogen) atoms. The third-order valence-electron chi connectivity index (χ3n) is 2.75. The van der Waals surface area contributed by atoms with E-state index in [1.807, 2.05) is 43.8 Å². The molecule has 0 aromatic carbocycles. The molecular formula is C13H14N6. The van der Waals surface area contributed by atoms with E-state index in [1.54, 1.807) is 21.8 Å². The molecule has 3 heterocycles. The Bertz CT molecular complexity index is 655. The van der Waals surface area contributed by atoms with Gasteiger partial charge in [0.15, 0.2) is 5.82 Å². The largest absolute Gasteiger partial charge is 0.378 e. The molecule has 6 nitrogen and oxygen atoms in total. The van der Waals surface area contributed by atoms with E-state index in [1.165, 1.54) is 0 Å². The lowest BCUT2D eigenvalue weighted by Gasteiger charge is -2.09. The van der Waals surface area contributed by atoms with Crippen LogP contribution in [0.4, 0.5) is 5.69 Å². The smallest absolute Gasteiger partial charge is 0.176 e. The van der Waals surface area contributed by atoms with Crippen molar-refractivity contribution in [2.24, 2.45) is 7.05 Å². The Kier molecular flexibility index (Phi) is 2.97. The maximum Gasteiger partial charge on any atom is 0.176 e. The molecule has 6 heteroatoms. The lowest BCUT2D eigenvalue weighted by atomic mass is 10.3. The summed E-state index contributed by atoms with van der Waals surface area (Å²) in [5, 5.41) is 11.7. The molecule has 1 N–H and O–H groups in total. The number of nitrogens with zero attached hydrogens (tertiary/aromatic N) is 5. The number of nitrogens with one attached hydrogen (secondary N) is 1. The van der Waals surface area contributed by atoms with Crippen LogP contribution < -0.4 is 5.32 Å². The second-order valence-electron chi connectivity index (χ2n) is 4.20. The second kappa shape index (κ2) is 4.93. The van der Waals surface area contributed by atoms with Gasteiger partial charge in [-0.25, -0.2) is 9.67 Å². The highest BCUT2D eigenvalue weighted by Gasteiger charge is 2.05. The van der Waals surface area contributed by atoms with Crippen molar-refractivity contribution in [3.8, 4) is 5.82 Å². The van der Waals surface area contributed by atoms with Crippen molar-refractivity contribution < 1.29 is 0 Å². The van der Waals surface area contributed by atoms with Crippen LogP contribution in [0.25, 0.3) is 5.82 Å². The zero-order chi connectivity index (χ0) is 13.1. The van der Waals surface area contributed by atoms with Crippen molar-refractivity contribution >= 4 is 5.69 Å². The number of rotatable bonds is 4. The maximum atomic E-state index is 4.36. The molecule has 0 aliphatic rings. The first-order valence-corrected chi connectivity index (χ1v) is 5.99. The molecule has 0 unspecified atom stereocenters. The van der Waals surface area contributed by atoms with Crippen LogP contribution in [-0.2, 0) is 13.6 Å². The fourth-order valence-electron chi connectivity index (χ4n) is 1.87. The SMILES string of the molecule is Cn1cc(CNc2cccnc2-n2cccn2)cn1. The Labute approximate surface area is 110 Å².